The summed E-state index contributed by atoms with van der Waals surface area (Å²) in [5.41, 5.74) is -0.208. The Labute approximate surface area is 97.4 Å². The maximum Gasteiger partial charge on any atom is 0.226 e. The average molecular weight is 223 g/mol. The fourth-order valence-electron chi connectivity index (χ4n) is 2.13. The molecule has 4 nitrogen and oxygen atoms in total. The number of hydrogen-bond donors (Lipinski definition) is 2. The number of carbonyl (C=O) groups excluding carboxylic acids is 1. The van der Waals surface area contributed by atoms with Crippen LogP contribution in [0.2, 0.25) is 0 Å². The summed E-state index contributed by atoms with van der Waals surface area (Å²) >= 11 is 0. The van der Waals surface area contributed by atoms with E-state index in [-0.39, 0.29) is 17.2 Å². The summed E-state index contributed by atoms with van der Waals surface area (Å²) in [5.74, 6) is 0.0122. The second-order valence-corrected chi connectivity index (χ2v) is 4.62. The molecule has 1 fully saturated rings. The molecule has 1 heterocycles. The van der Waals surface area contributed by atoms with E-state index in [1.165, 1.54) is 0 Å². The SMILES string of the molecule is CCC1(C(=O)NCC(C)C#N)CCNCC1. The van der Waals surface area contributed by atoms with Gasteiger partial charge in [0.15, 0.2) is 0 Å². The Morgan fingerprint density at radius 1 is 1.56 bits per heavy atom. The van der Waals surface area contributed by atoms with Gasteiger partial charge < -0.3 is 10.6 Å². The second-order valence-electron chi connectivity index (χ2n) is 4.62. The van der Waals surface area contributed by atoms with Crippen LogP contribution in [0.4, 0.5) is 0 Å². The van der Waals surface area contributed by atoms with Crippen LogP contribution < -0.4 is 10.6 Å². The van der Waals surface area contributed by atoms with E-state index >= 15 is 0 Å². The molecule has 1 aliphatic heterocycles. The highest BCUT2D eigenvalue weighted by molar-refractivity contribution is 5.82. The predicted molar refractivity (Wildman–Crippen MR) is 62.6 cm³/mol. The van der Waals surface area contributed by atoms with Crippen LogP contribution in [0.25, 0.3) is 0 Å². The quantitative estimate of drug-likeness (QED) is 0.748. The molecule has 0 radical (unpaired) electrons. The molecule has 1 unspecified atom stereocenters. The van der Waals surface area contributed by atoms with Crippen molar-refractivity contribution in [2.45, 2.75) is 33.1 Å². The first-order valence-electron chi connectivity index (χ1n) is 6.03. The van der Waals surface area contributed by atoms with Gasteiger partial charge in [-0.1, -0.05) is 6.92 Å². The van der Waals surface area contributed by atoms with Crippen molar-refractivity contribution in [2.24, 2.45) is 11.3 Å². The summed E-state index contributed by atoms with van der Waals surface area (Å²) < 4.78 is 0. The van der Waals surface area contributed by atoms with Gasteiger partial charge >= 0.3 is 0 Å². The van der Waals surface area contributed by atoms with Crippen molar-refractivity contribution < 1.29 is 4.79 Å². The summed E-state index contributed by atoms with van der Waals surface area (Å²) in [6, 6.07) is 2.13. The van der Waals surface area contributed by atoms with Crippen molar-refractivity contribution in [2.75, 3.05) is 19.6 Å². The molecule has 16 heavy (non-hydrogen) atoms. The summed E-state index contributed by atoms with van der Waals surface area (Å²) in [6.45, 7) is 6.18. The van der Waals surface area contributed by atoms with Crippen LogP contribution in [-0.4, -0.2) is 25.5 Å². The molecule has 0 spiro atoms. The predicted octanol–water partition coefficient (Wildman–Crippen LogP) is 1.04. The minimum Gasteiger partial charge on any atom is -0.354 e. The molecule has 4 heteroatoms. The van der Waals surface area contributed by atoms with Gasteiger partial charge in [0.2, 0.25) is 5.91 Å². The number of nitrogens with zero attached hydrogens (tertiary/aromatic N) is 1. The lowest BCUT2D eigenvalue weighted by Crippen LogP contribution is -2.48. The molecule has 90 valence electrons. The molecule has 1 atom stereocenters. The van der Waals surface area contributed by atoms with Gasteiger partial charge in [-0.3, -0.25) is 4.79 Å². The summed E-state index contributed by atoms with van der Waals surface area (Å²) in [7, 11) is 0. The fraction of sp³-hybridized carbons (Fsp3) is 0.833. The number of carbonyl (C=O) groups is 1. The largest absolute Gasteiger partial charge is 0.354 e. The van der Waals surface area contributed by atoms with Crippen molar-refractivity contribution in [1.29, 1.82) is 5.26 Å². The van der Waals surface area contributed by atoms with E-state index in [1.807, 2.05) is 6.92 Å². The van der Waals surface area contributed by atoms with Crippen molar-refractivity contribution in [3.8, 4) is 6.07 Å². The number of hydrogen-bond acceptors (Lipinski definition) is 3. The van der Waals surface area contributed by atoms with Gasteiger partial charge in [-0.15, -0.1) is 0 Å². The molecule has 1 aliphatic rings. The Morgan fingerprint density at radius 2 is 2.19 bits per heavy atom. The zero-order valence-corrected chi connectivity index (χ0v) is 10.2. The first kappa shape index (κ1) is 13.0. The molecule has 0 bridgehead atoms. The standard InChI is InChI=1S/C12H21N3O/c1-3-12(4-6-14-7-5-12)11(16)15-9-10(2)8-13/h10,14H,3-7,9H2,1-2H3,(H,15,16). The smallest absolute Gasteiger partial charge is 0.226 e. The van der Waals surface area contributed by atoms with Crippen LogP contribution in [-0.2, 0) is 4.79 Å². The van der Waals surface area contributed by atoms with E-state index in [2.05, 4.69) is 23.6 Å². The van der Waals surface area contributed by atoms with Crippen molar-refractivity contribution in [3.63, 3.8) is 0 Å². The Kier molecular flexibility index (Phi) is 4.75. The fourth-order valence-corrected chi connectivity index (χ4v) is 2.13. The maximum atomic E-state index is 12.1. The summed E-state index contributed by atoms with van der Waals surface area (Å²) in [6.07, 6.45) is 2.67. The average Bonchev–Trinajstić information content (AvgIpc) is 2.36. The molecule has 0 aromatic carbocycles. The molecule has 0 aliphatic carbocycles. The first-order valence-corrected chi connectivity index (χ1v) is 6.03. The van der Waals surface area contributed by atoms with Gasteiger partial charge in [-0.25, -0.2) is 0 Å². The van der Waals surface area contributed by atoms with E-state index in [4.69, 9.17) is 5.26 Å². The van der Waals surface area contributed by atoms with Gasteiger partial charge in [-0.05, 0) is 39.3 Å². The summed E-state index contributed by atoms with van der Waals surface area (Å²) in [5, 5.41) is 14.8. The van der Waals surface area contributed by atoms with Crippen LogP contribution in [0, 0.1) is 22.7 Å². The van der Waals surface area contributed by atoms with E-state index in [1.54, 1.807) is 0 Å². The Bertz CT molecular complexity index is 276. The zero-order chi connectivity index (χ0) is 12.0. The number of rotatable bonds is 4. The zero-order valence-electron chi connectivity index (χ0n) is 10.2. The number of piperidine rings is 1. The third-order valence-electron chi connectivity index (χ3n) is 3.51. The van der Waals surface area contributed by atoms with Gasteiger partial charge in [0, 0.05) is 6.54 Å². The van der Waals surface area contributed by atoms with Crippen LogP contribution in [0.1, 0.15) is 33.1 Å². The molecule has 1 saturated heterocycles. The van der Waals surface area contributed by atoms with Crippen LogP contribution in [0.3, 0.4) is 0 Å². The third-order valence-corrected chi connectivity index (χ3v) is 3.51. The lowest BCUT2D eigenvalue weighted by atomic mass is 9.76. The molecule has 0 aromatic heterocycles. The highest BCUT2D eigenvalue weighted by Gasteiger charge is 2.37. The van der Waals surface area contributed by atoms with Crippen LogP contribution in [0.15, 0.2) is 0 Å². The van der Waals surface area contributed by atoms with Gasteiger partial charge in [0.05, 0.1) is 17.4 Å². The molecule has 1 amide bonds. The lowest BCUT2D eigenvalue weighted by molar-refractivity contribution is -0.132. The Balaban J connectivity index is 2.52. The minimum atomic E-state index is -0.208. The molecule has 1 rings (SSSR count). The van der Waals surface area contributed by atoms with Crippen molar-refractivity contribution in [3.05, 3.63) is 0 Å². The Hall–Kier alpha value is -1.08. The van der Waals surface area contributed by atoms with Gasteiger partial charge in [-0.2, -0.15) is 5.26 Å². The normalized spacial score (nSPS) is 20.8. The topological polar surface area (TPSA) is 64.9 Å². The van der Waals surface area contributed by atoms with E-state index < -0.39 is 0 Å². The minimum absolute atomic E-state index is 0.112. The first-order chi connectivity index (χ1) is 7.64. The molecular formula is C12H21N3O. The molecule has 0 aromatic rings. The van der Waals surface area contributed by atoms with Gasteiger partial charge in [0.25, 0.3) is 0 Å². The number of nitriles is 1. The Morgan fingerprint density at radius 3 is 2.69 bits per heavy atom. The third kappa shape index (κ3) is 2.96. The molecule has 0 saturated carbocycles. The van der Waals surface area contributed by atoms with Crippen LogP contribution >= 0.6 is 0 Å². The number of amides is 1. The van der Waals surface area contributed by atoms with Crippen molar-refractivity contribution in [1.82, 2.24) is 10.6 Å². The van der Waals surface area contributed by atoms with Gasteiger partial charge in [0.1, 0.15) is 0 Å². The maximum absolute atomic E-state index is 12.1. The summed E-state index contributed by atoms with van der Waals surface area (Å²) in [4.78, 5) is 12.1. The molecule has 2 N–H and O–H groups in total. The number of nitrogens with one attached hydrogen (secondary N) is 2. The van der Waals surface area contributed by atoms with E-state index in [0.29, 0.717) is 6.54 Å². The highest BCUT2D eigenvalue weighted by Crippen LogP contribution is 2.32. The van der Waals surface area contributed by atoms with E-state index in [0.717, 1.165) is 32.4 Å². The second kappa shape index (κ2) is 5.86. The molecular weight excluding hydrogens is 202 g/mol. The van der Waals surface area contributed by atoms with E-state index in [9.17, 15) is 4.79 Å². The monoisotopic (exact) mass is 223 g/mol. The van der Waals surface area contributed by atoms with Crippen LogP contribution in [0.5, 0.6) is 0 Å². The highest BCUT2D eigenvalue weighted by atomic mass is 16.2. The lowest BCUT2D eigenvalue weighted by Gasteiger charge is -2.35. The van der Waals surface area contributed by atoms with Crippen molar-refractivity contribution >= 4 is 5.91 Å².